The summed E-state index contributed by atoms with van der Waals surface area (Å²) in [6, 6.07) is 14.2. The maximum absolute atomic E-state index is 6.34. The van der Waals surface area contributed by atoms with Crippen LogP contribution in [-0.4, -0.2) is 51.6 Å². The van der Waals surface area contributed by atoms with Crippen LogP contribution in [0.25, 0.3) is 5.69 Å². The highest BCUT2D eigenvalue weighted by Gasteiger charge is 2.42. The minimum absolute atomic E-state index is 0.00920. The van der Waals surface area contributed by atoms with Crippen LogP contribution in [0.5, 0.6) is 0 Å². The molecule has 5 nitrogen and oxygen atoms in total. The second-order valence-electron chi connectivity index (χ2n) is 9.00. The van der Waals surface area contributed by atoms with E-state index in [-0.39, 0.29) is 12.1 Å². The first-order valence-electron chi connectivity index (χ1n) is 11.4. The van der Waals surface area contributed by atoms with Gasteiger partial charge in [-0.05, 0) is 95.9 Å². The van der Waals surface area contributed by atoms with Gasteiger partial charge in [-0.2, -0.15) is 0 Å². The highest BCUT2D eigenvalue weighted by molar-refractivity contribution is 7.80. The molecule has 0 aliphatic carbocycles. The first kappa shape index (κ1) is 23.7. The number of pyridine rings is 1. The van der Waals surface area contributed by atoms with Gasteiger partial charge in [0.25, 0.3) is 0 Å². The molecule has 33 heavy (non-hydrogen) atoms. The van der Waals surface area contributed by atoms with Gasteiger partial charge in [0.2, 0.25) is 0 Å². The predicted octanol–water partition coefficient (Wildman–Crippen LogP) is 5.38. The lowest BCUT2D eigenvalue weighted by molar-refractivity contribution is 0.291. The number of aromatic nitrogens is 2. The van der Waals surface area contributed by atoms with Gasteiger partial charge < -0.3 is 19.7 Å². The number of hydrogen-bond donors (Lipinski definition) is 1. The van der Waals surface area contributed by atoms with Gasteiger partial charge >= 0.3 is 0 Å². The summed E-state index contributed by atoms with van der Waals surface area (Å²) >= 11 is 12.2. The Morgan fingerprint density at radius 3 is 2.55 bits per heavy atom. The molecule has 1 aromatic carbocycles. The van der Waals surface area contributed by atoms with Gasteiger partial charge in [-0.1, -0.05) is 23.7 Å². The fourth-order valence-corrected chi connectivity index (χ4v) is 5.48. The topological polar surface area (TPSA) is 36.3 Å². The summed E-state index contributed by atoms with van der Waals surface area (Å²) in [4.78, 5) is 9.26. The number of rotatable bonds is 7. The van der Waals surface area contributed by atoms with Crippen molar-refractivity contribution < 1.29 is 0 Å². The van der Waals surface area contributed by atoms with E-state index in [1.54, 1.807) is 0 Å². The first-order valence-corrected chi connectivity index (χ1v) is 12.2. The number of halogens is 1. The minimum atomic E-state index is -0.00920. The molecule has 0 bridgehead atoms. The highest BCUT2D eigenvalue weighted by atomic mass is 35.5. The molecule has 0 saturated carbocycles. The average Bonchev–Trinajstić information content (AvgIpc) is 3.21. The number of hydrogen-bond acceptors (Lipinski definition) is 3. The van der Waals surface area contributed by atoms with Crippen molar-refractivity contribution in [1.82, 2.24) is 24.7 Å². The molecule has 1 aliphatic heterocycles. The Kier molecular flexibility index (Phi) is 7.07. The lowest BCUT2D eigenvalue weighted by Crippen LogP contribution is -2.32. The third-order valence-electron chi connectivity index (χ3n) is 6.57. The van der Waals surface area contributed by atoms with Crippen molar-refractivity contribution in [3.8, 4) is 5.69 Å². The zero-order valence-electron chi connectivity index (χ0n) is 20.0. The summed E-state index contributed by atoms with van der Waals surface area (Å²) < 4.78 is 2.31. The number of nitrogens with one attached hydrogen (secondary N) is 1. The van der Waals surface area contributed by atoms with Gasteiger partial charge in [0, 0.05) is 40.4 Å². The minimum Gasteiger partial charge on any atom is -0.352 e. The summed E-state index contributed by atoms with van der Waals surface area (Å²) in [5.41, 5.74) is 7.10. The van der Waals surface area contributed by atoms with Crippen LogP contribution in [0.1, 0.15) is 46.7 Å². The van der Waals surface area contributed by atoms with Gasteiger partial charge in [0.1, 0.15) is 0 Å². The molecule has 2 atom stereocenters. The standard InChI is InChI=1S/C26H32ClN5S/c1-17-18(2)32(21-11-8-10-20(27)16-21)19(3)23(17)25-24(22-12-6-7-13-28-22)29-26(33)31(25)15-9-14-30(4)5/h6-8,10-13,16,24-25H,9,14-15H2,1-5H3,(H,29,33)/t24-,25+/m1/s1. The molecule has 1 aliphatic rings. The number of benzene rings is 1. The zero-order chi connectivity index (χ0) is 23.7. The molecule has 3 heterocycles. The van der Waals surface area contributed by atoms with Crippen LogP contribution in [0, 0.1) is 20.8 Å². The third-order valence-corrected chi connectivity index (χ3v) is 7.16. The van der Waals surface area contributed by atoms with Crippen molar-refractivity contribution in [2.45, 2.75) is 39.3 Å². The highest BCUT2D eigenvalue weighted by Crippen LogP contribution is 2.43. The quantitative estimate of drug-likeness (QED) is 0.459. The molecule has 7 heteroatoms. The SMILES string of the molecule is Cc1c([C@H]2[C@@H](c3ccccn3)NC(=S)N2CCCN(C)C)c(C)n(-c2cccc(Cl)c2)c1C. The zero-order valence-corrected chi connectivity index (χ0v) is 21.5. The van der Waals surface area contributed by atoms with Gasteiger partial charge in [-0.3, -0.25) is 4.98 Å². The molecule has 1 fully saturated rings. The van der Waals surface area contributed by atoms with Crippen molar-refractivity contribution in [2.75, 3.05) is 27.2 Å². The van der Waals surface area contributed by atoms with E-state index in [0.717, 1.165) is 41.0 Å². The third kappa shape index (κ3) is 4.65. The smallest absolute Gasteiger partial charge is 0.170 e. The monoisotopic (exact) mass is 481 g/mol. The average molecular weight is 482 g/mol. The van der Waals surface area contributed by atoms with Crippen LogP contribution >= 0.6 is 23.8 Å². The van der Waals surface area contributed by atoms with E-state index in [0.29, 0.717) is 0 Å². The molecule has 0 radical (unpaired) electrons. The maximum atomic E-state index is 6.34. The number of thiocarbonyl (C=S) groups is 1. The largest absolute Gasteiger partial charge is 0.352 e. The number of nitrogens with zero attached hydrogens (tertiary/aromatic N) is 4. The van der Waals surface area contributed by atoms with Crippen molar-refractivity contribution >= 4 is 28.9 Å². The second kappa shape index (κ2) is 9.84. The molecule has 0 amide bonds. The summed E-state index contributed by atoms with van der Waals surface area (Å²) in [7, 11) is 4.22. The van der Waals surface area contributed by atoms with E-state index in [1.807, 2.05) is 36.5 Å². The lowest BCUT2D eigenvalue weighted by Gasteiger charge is -2.29. The van der Waals surface area contributed by atoms with Crippen LogP contribution in [0.3, 0.4) is 0 Å². The van der Waals surface area contributed by atoms with E-state index < -0.39 is 0 Å². The Bertz CT molecular complexity index is 1140. The predicted molar refractivity (Wildman–Crippen MR) is 140 cm³/mol. The van der Waals surface area contributed by atoms with Crippen LogP contribution < -0.4 is 5.32 Å². The van der Waals surface area contributed by atoms with Crippen molar-refractivity contribution in [1.29, 1.82) is 0 Å². The van der Waals surface area contributed by atoms with Gasteiger partial charge in [0.05, 0.1) is 17.8 Å². The first-order chi connectivity index (χ1) is 15.8. The molecule has 1 saturated heterocycles. The summed E-state index contributed by atoms with van der Waals surface area (Å²) in [6.07, 6.45) is 2.89. The molecule has 0 unspecified atom stereocenters. The second-order valence-corrected chi connectivity index (χ2v) is 9.82. The fraction of sp³-hybridized carbons (Fsp3) is 0.385. The summed E-state index contributed by atoms with van der Waals surface area (Å²) in [5, 5.41) is 5.12. The van der Waals surface area contributed by atoms with E-state index in [9.17, 15) is 0 Å². The van der Waals surface area contributed by atoms with Crippen LogP contribution in [0.15, 0.2) is 48.7 Å². The van der Waals surface area contributed by atoms with Crippen LogP contribution in [0.4, 0.5) is 0 Å². The Hall–Kier alpha value is -2.41. The summed E-state index contributed by atoms with van der Waals surface area (Å²) in [5.74, 6) is 0. The fourth-order valence-electron chi connectivity index (χ4n) is 4.96. The molecule has 4 rings (SSSR count). The van der Waals surface area contributed by atoms with Crippen molar-refractivity contribution in [3.05, 3.63) is 81.9 Å². The molecule has 174 valence electrons. The molecular formula is C26H32ClN5S. The van der Waals surface area contributed by atoms with Gasteiger partial charge in [-0.25, -0.2) is 0 Å². The van der Waals surface area contributed by atoms with Crippen molar-refractivity contribution in [2.24, 2.45) is 0 Å². The lowest BCUT2D eigenvalue weighted by atomic mass is 9.93. The van der Waals surface area contributed by atoms with E-state index in [2.05, 4.69) is 66.7 Å². The van der Waals surface area contributed by atoms with Crippen LogP contribution in [-0.2, 0) is 0 Å². The van der Waals surface area contributed by atoms with Gasteiger partial charge in [-0.15, -0.1) is 0 Å². The Balaban J connectivity index is 1.83. The molecule has 2 aromatic heterocycles. The van der Waals surface area contributed by atoms with Crippen LogP contribution in [0.2, 0.25) is 5.02 Å². The normalized spacial score (nSPS) is 18.3. The van der Waals surface area contributed by atoms with Gasteiger partial charge in [0.15, 0.2) is 5.11 Å². The molecular weight excluding hydrogens is 450 g/mol. The van der Waals surface area contributed by atoms with E-state index in [4.69, 9.17) is 28.8 Å². The molecule has 1 N–H and O–H groups in total. The molecule has 3 aromatic rings. The van der Waals surface area contributed by atoms with Crippen molar-refractivity contribution in [3.63, 3.8) is 0 Å². The maximum Gasteiger partial charge on any atom is 0.170 e. The Labute approximate surface area is 207 Å². The Morgan fingerprint density at radius 1 is 1.09 bits per heavy atom. The van der Waals surface area contributed by atoms with E-state index >= 15 is 0 Å². The summed E-state index contributed by atoms with van der Waals surface area (Å²) in [6.45, 7) is 8.50. The van der Waals surface area contributed by atoms with E-state index in [1.165, 1.54) is 22.5 Å². The Morgan fingerprint density at radius 2 is 1.88 bits per heavy atom. The molecule has 0 spiro atoms.